The first-order valence-electron chi connectivity index (χ1n) is 8.44. The molecule has 0 spiro atoms. The van der Waals surface area contributed by atoms with Crippen LogP contribution in [0.3, 0.4) is 0 Å². The molecule has 2 aromatic rings. The molecule has 1 unspecified atom stereocenters. The maximum atomic E-state index is 12.7. The molecule has 0 aromatic heterocycles. The van der Waals surface area contributed by atoms with E-state index in [1.165, 1.54) is 11.8 Å². The highest BCUT2D eigenvalue weighted by Crippen LogP contribution is 2.31. The highest BCUT2D eigenvalue weighted by atomic mass is 79.9. The zero-order valence-electron chi connectivity index (χ0n) is 14.8. The fourth-order valence-electron chi connectivity index (χ4n) is 2.62. The molecule has 2 amide bonds. The van der Waals surface area contributed by atoms with Gasteiger partial charge in [0, 0.05) is 33.2 Å². The van der Waals surface area contributed by atoms with Gasteiger partial charge in [0.05, 0.1) is 5.69 Å². The number of halogens is 3. The Bertz CT molecular complexity index is 917. The molecule has 0 radical (unpaired) electrons. The average Bonchev–Trinajstić information content (AvgIpc) is 2.62. The highest BCUT2D eigenvalue weighted by molar-refractivity contribution is 9.10. The maximum Gasteiger partial charge on any atom is 0.238 e. The van der Waals surface area contributed by atoms with E-state index in [1.807, 2.05) is 19.1 Å². The van der Waals surface area contributed by atoms with Gasteiger partial charge >= 0.3 is 0 Å². The van der Waals surface area contributed by atoms with Gasteiger partial charge in [-0.3, -0.25) is 14.5 Å². The molecule has 1 fully saturated rings. The molecule has 1 atom stereocenters. The smallest absolute Gasteiger partial charge is 0.238 e. The van der Waals surface area contributed by atoms with Gasteiger partial charge in [0.25, 0.3) is 0 Å². The lowest BCUT2D eigenvalue weighted by atomic mass is 10.2. The number of hydrogen-bond donors (Lipinski definition) is 1. The van der Waals surface area contributed by atoms with Gasteiger partial charge < -0.3 is 5.32 Å². The highest BCUT2D eigenvalue weighted by Gasteiger charge is 2.35. The molecule has 1 saturated heterocycles. The monoisotopic (exact) mass is 499 g/mol. The van der Waals surface area contributed by atoms with E-state index in [4.69, 9.17) is 23.2 Å². The second kappa shape index (κ2) is 9.31. The van der Waals surface area contributed by atoms with E-state index in [0.29, 0.717) is 33.1 Å². The second-order valence-electron chi connectivity index (χ2n) is 5.97. The summed E-state index contributed by atoms with van der Waals surface area (Å²) in [5.74, 6) is -0.391. The van der Waals surface area contributed by atoms with Crippen molar-refractivity contribution >= 4 is 79.3 Å². The SMILES string of the molecule is CCN1C(=O)CC(C(=O)Nc2ccc(Br)cc2)SC1=Nc1cc(Cl)cc(Cl)c1. The van der Waals surface area contributed by atoms with Gasteiger partial charge in [-0.05, 0) is 49.4 Å². The van der Waals surface area contributed by atoms with Crippen LogP contribution >= 0.6 is 50.9 Å². The van der Waals surface area contributed by atoms with Crippen molar-refractivity contribution in [1.29, 1.82) is 0 Å². The number of rotatable bonds is 4. The third-order valence-corrected chi connectivity index (χ3v) is 6.08. The molecule has 9 heteroatoms. The van der Waals surface area contributed by atoms with Crippen LogP contribution in [0, 0.1) is 0 Å². The van der Waals surface area contributed by atoms with Crippen LogP contribution in [0.25, 0.3) is 0 Å². The summed E-state index contributed by atoms with van der Waals surface area (Å²) >= 11 is 16.7. The molecule has 28 heavy (non-hydrogen) atoms. The molecule has 0 saturated carbocycles. The number of thioether (sulfide) groups is 1. The summed E-state index contributed by atoms with van der Waals surface area (Å²) in [5.41, 5.74) is 1.19. The number of nitrogens with zero attached hydrogens (tertiary/aromatic N) is 2. The normalized spacial score (nSPS) is 18.4. The number of aliphatic imine (C=N–C) groups is 1. The number of nitrogens with one attached hydrogen (secondary N) is 1. The standard InChI is InChI=1S/C19H16BrCl2N3O2S/c1-2-25-17(26)10-16(18(27)23-14-5-3-11(20)4-6-14)28-19(25)24-15-8-12(21)7-13(22)9-15/h3-9,16H,2,10H2,1H3,(H,23,27). The van der Waals surface area contributed by atoms with E-state index in [9.17, 15) is 9.59 Å². The third-order valence-electron chi connectivity index (χ3n) is 3.93. The Kier molecular flexibility index (Phi) is 7.04. The molecule has 146 valence electrons. The van der Waals surface area contributed by atoms with Crippen LogP contribution in [0.1, 0.15) is 13.3 Å². The van der Waals surface area contributed by atoms with Gasteiger partial charge in [-0.1, -0.05) is 50.9 Å². The van der Waals surface area contributed by atoms with Crippen LogP contribution in [0.15, 0.2) is 51.9 Å². The van der Waals surface area contributed by atoms with Crippen LogP contribution in [-0.2, 0) is 9.59 Å². The van der Waals surface area contributed by atoms with E-state index < -0.39 is 5.25 Å². The van der Waals surface area contributed by atoms with Gasteiger partial charge in [-0.2, -0.15) is 0 Å². The van der Waals surface area contributed by atoms with Crippen molar-refractivity contribution in [1.82, 2.24) is 4.90 Å². The molecule has 1 heterocycles. The summed E-state index contributed by atoms with van der Waals surface area (Å²) in [7, 11) is 0. The first-order valence-corrected chi connectivity index (χ1v) is 10.9. The van der Waals surface area contributed by atoms with Crippen molar-refractivity contribution in [2.75, 3.05) is 11.9 Å². The van der Waals surface area contributed by atoms with E-state index in [2.05, 4.69) is 26.2 Å². The van der Waals surface area contributed by atoms with Crippen LogP contribution in [0.5, 0.6) is 0 Å². The minimum absolute atomic E-state index is 0.107. The van der Waals surface area contributed by atoms with Crippen molar-refractivity contribution in [2.45, 2.75) is 18.6 Å². The zero-order valence-corrected chi connectivity index (χ0v) is 18.7. The molecule has 1 aliphatic heterocycles. The lowest BCUT2D eigenvalue weighted by molar-refractivity contribution is -0.129. The Morgan fingerprint density at radius 3 is 2.50 bits per heavy atom. The number of hydrogen-bond acceptors (Lipinski definition) is 4. The Morgan fingerprint density at radius 1 is 1.25 bits per heavy atom. The molecule has 0 bridgehead atoms. The van der Waals surface area contributed by atoms with Crippen LogP contribution in [-0.4, -0.2) is 33.7 Å². The van der Waals surface area contributed by atoms with Gasteiger partial charge in [-0.25, -0.2) is 4.99 Å². The predicted octanol–water partition coefficient (Wildman–Crippen LogP) is 5.74. The van der Waals surface area contributed by atoms with Crippen molar-refractivity contribution in [3.05, 3.63) is 57.0 Å². The Hall–Kier alpha value is -1.54. The minimum atomic E-state index is -0.577. The Labute approximate surface area is 185 Å². The maximum absolute atomic E-state index is 12.7. The summed E-state index contributed by atoms with van der Waals surface area (Å²) in [6.07, 6.45) is 0.107. The predicted molar refractivity (Wildman–Crippen MR) is 120 cm³/mol. The summed E-state index contributed by atoms with van der Waals surface area (Å²) in [6, 6.07) is 12.2. The number of carbonyl (C=O) groups excluding carboxylic acids is 2. The number of amidine groups is 1. The zero-order chi connectivity index (χ0) is 20.3. The van der Waals surface area contributed by atoms with Crippen molar-refractivity contribution in [3.63, 3.8) is 0 Å². The van der Waals surface area contributed by atoms with Gasteiger partial charge in [-0.15, -0.1) is 0 Å². The van der Waals surface area contributed by atoms with Crippen LogP contribution in [0.4, 0.5) is 11.4 Å². The number of amides is 2. The largest absolute Gasteiger partial charge is 0.325 e. The number of benzene rings is 2. The van der Waals surface area contributed by atoms with Gasteiger partial charge in [0.15, 0.2) is 5.17 Å². The number of anilines is 1. The van der Waals surface area contributed by atoms with E-state index in [0.717, 1.165) is 4.47 Å². The van der Waals surface area contributed by atoms with Crippen molar-refractivity contribution in [3.8, 4) is 0 Å². The lowest BCUT2D eigenvalue weighted by Gasteiger charge is -2.30. The van der Waals surface area contributed by atoms with Crippen molar-refractivity contribution < 1.29 is 9.59 Å². The number of carbonyl (C=O) groups is 2. The summed E-state index contributed by atoms with van der Waals surface area (Å²) < 4.78 is 0.918. The fourth-order valence-corrected chi connectivity index (χ4v) is 4.56. The Morgan fingerprint density at radius 2 is 1.89 bits per heavy atom. The topological polar surface area (TPSA) is 61.8 Å². The van der Waals surface area contributed by atoms with Crippen LogP contribution in [0.2, 0.25) is 10.0 Å². The second-order valence-corrected chi connectivity index (χ2v) is 8.93. The van der Waals surface area contributed by atoms with E-state index >= 15 is 0 Å². The molecule has 1 N–H and O–H groups in total. The first-order chi connectivity index (χ1) is 13.4. The fraction of sp³-hybridized carbons (Fsp3) is 0.211. The minimum Gasteiger partial charge on any atom is -0.325 e. The van der Waals surface area contributed by atoms with Crippen molar-refractivity contribution in [2.24, 2.45) is 4.99 Å². The van der Waals surface area contributed by atoms with E-state index in [-0.39, 0.29) is 18.2 Å². The first kappa shape index (κ1) is 21.2. The molecular weight excluding hydrogens is 485 g/mol. The molecular formula is C19H16BrCl2N3O2S. The summed E-state index contributed by atoms with van der Waals surface area (Å²) in [5, 5.41) is 3.62. The molecule has 2 aromatic carbocycles. The van der Waals surface area contributed by atoms with Crippen LogP contribution < -0.4 is 5.32 Å². The Balaban J connectivity index is 1.83. The summed E-state index contributed by atoms with van der Waals surface area (Å²) in [6.45, 7) is 2.32. The molecule has 3 rings (SSSR count). The molecule has 1 aliphatic rings. The van der Waals surface area contributed by atoms with Gasteiger partial charge in [0.1, 0.15) is 5.25 Å². The van der Waals surface area contributed by atoms with Gasteiger partial charge in [0.2, 0.25) is 11.8 Å². The summed E-state index contributed by atoms with van der Waals surface area (Å²) in [4.78, 5) is 31.3. The van der Waals surface area contributed by atoms with E-state index in [1.54, 1.807) is 35.2 Å². The lowest BCUT2D eigenvalue weighted by Crippen LogP contribution is -2.45. The third kappa shape index (κ3) is 5.29. The quantitative estimate of drug-likeness (QED) is 0.582. The molecule has 0 aliphatic carbocycles. The molecule has 5 nitrogen and oxygen atoms in total. The average molecular weight is 501 g/mol.